The summed E-state index contributed by atoms with van der Waals surface area (Å²) in [6, 6.07) is -0.818. The summed E-state index contributed by atoms with van der Waals surface area (Å²) in [7, 11) is 0. The van der Waals surface area contributed by atoms with Crippen LogP contribution in [0.15, 0.2) is 25.3 Å². The number of nitrogens with one attached hydrogen (secondary N) is 2. The Morgan fingerprint density at radius 1 is 1.10 bits per heavy atom. The molecular weight excluding hydrogens is 268 g/mol. The predicted molar refractivity (Wildman–Crippen MR) is 70.3 cm³/mol. The highest BCUT2D eigenvalue weighted by Gasteiger charge is 2.17. The van der Waals surface area contributed by atoms with Gasteiger partial charge >= 0.3 is 18.2 Å². The molecule has 0 rings (SSSR count). The van der Waals surface area contributed by atoms with E-state index in [1.165, 1.54) is 12.2 Å². The molecule has 0 radical (unpaired) electrons. The molecule has 0 spiro atoms. The second-order valence-corrected chi connectivity index (χ2v) is 3.59. The average Bonchev–Trinajstić information content (AvgIpc) is 2.39. The molecule has 112 valence electrons. The Bertz CT molecular complexity index is 369. The lowest BCUT2D eigenvalue weighted by Crippen LogP contribution is -2.45. The number of carboxylic acid groups (broad SMARTS) is 1. The average molecular weight is 286 g/mol. The molecule has 0 aliphatic heterocycles. The molecule has 2 amide bonds. The zero-order valence-electron chi connectivity index (χ0n) is 11.0. The van der Waals surface area contributed by atoms with Gasteiger partial charge in [-0.3, -0.25) is 4.79 Å². The molecule has 20 heavy (non-hydrogen) atoms. The van der Waals surface area contributed by atoms with Gasteiger partial charge in [-0.15, -0.1) is 0 Å². The van der Waals surface area contributed by atoms with Gasteiger partial charge in [0.05, 0.1) is 12.5 Å². The normalized spacial score (nSPS) is 10.8. The van der Waals surface area contributed by atoms with E-state index in [4.69, 9.17) is 5.11 Å². The Balaban J connectivity index is 4.23. The van der Waals surface area contributed by atoms with Crippen molar-refractivity contribution in [1.29, 1.82) is 0 Å². The van der Waals surface area contributed by atoms with E-state index in [2.05, 4.69) is 33.3 Å². The second kappa shape index (κ2) is 10.4. The molecule has 0 fully saturated rings. The van der Waals surface area contributed by atoms with E-state index in [9.17, 15) is 14.4 Å². The third-order valence-electron chi connectivity index (χ3n) is 1.90. The van der Waals surface area contributed by atoms with Gasteiger partial charge in [0.2, 0.25) is 0 Å². The SMILES string of the molecule is C=CCOC(=O)NC[C@@H](CC(=O)O)NC(=O)OCC=C. The minimum atomic E-state index is -1.12. The van der Waals surface area contributed by atoms with Crippen LogP contribution in [0, 0.1) is 0 Å². The van der Waals surface area contributed by atoms with Gasteiger partial charge in [-0.05, 0) is 0 Å². The maximum absolute atomic E-state index is 11.3. The molecule has 1 atom stereocenters. The van der Waals surface area contributed by atoms with Crippen LogP contribution in [0.3, 0.4) is 0 Å². The Kier molecular flexibility index (Phi) is 9.11. The molecule has 0 aliphatic rings. The Hall–Kier alpha value is -2.51. The van der Waals surface area contributed by atoms with Crippen molar-refractivity contribution >= 4 is 18.2 Å². The molecular formula is C12H18N2O6. The van der Waals surface area contributed by atoms with E-state index >= 15 is 0 Å². The van der Waals surface area contributed by atoms with Gasteiger partial charge < -0.3 is 25.2 Å². The number of alkyl carbamates (subject to hydrolysis) is 2. The number of rotatable bonds is 9. The van der Waals surface area contributed by atoms with Crippen LogP contribution in [-0.4, -0.2) is 49.1 Å². The van der Waals surface area contributed by atoms with Crippen molar-refractivity contribution < 1.29 is 29.0 Å². The first-order valence-electron chi connectivity index (χ1n) is 5.77. The van der Waals surface area contributed by atoms with Gasteiger partial charge in [0.15, 0.2) is 0 Å². The number of carboxylic acids is 1. The number of hydrogen-bond donors (Lipinski definition) is 3. The van der Waals surface area contributed by atoms with Gasteiger partial charge in [-0.25, -0.2) is 9.59 Å². The third kappa shape index (κ3) is 9.51. The zero-order valence-corrected chi connectivity index (χ0v) is 11.0. The first-order chi connectivity index (χ1) is 9.49. The third-order valence-corrected chi connectivity index (χ3v) is 1.90. The topological polar surface area (TPSA) is 114 Å². The molecule has 0 aromatic carbocycles. The van der Waals surface area contributed by atoms with Crippen molar-refractivity contribution in [3.63, 3.8) is 0 Å². The van der Waals surface area contributed by atoms with Crippen molar-refractivity contribution in [3.05, 3.63) is 25.3 Å². The van der Waals surface area contributed by atoms with Crippen molar-refractivity contribution in [1.82, 2.24) is 10.6 Å². The quantitative estimate of drug-likeness (QED) is 0.536. The van der Waals surface area contributed by atoms with E-state index in [-0.39, 0.29) is 26.2 Å². The standard InChI is InChI=1S/C12H18N2O6/c1-3-5-19-11(17)13-8-9(7-10(15)16)14-12(18)20-6-4-2/h3-4,9H,1-2,5-8H2,(H,13,17)(H,14,18)(H,15,16)/t9-/m1/s1. The molecule has 0 heterocycles. The lowest BCUT2D eigenvalue weighted by molar-refractivity contribution is -0.137. The summed E-state index contributed by atoms with van der Waals surface area (Å²) in [5.41, 5.74) is 0. The maximum atomic E-state index is 11.3. The fourth-order valence-corrected chi connectivity index (χ4v) is 1.12. The van der Waals surface area contributed by atoms with Crippen LogP contribution in [0.2, 0.25) is 0 Å². The van der Waals surface area contributed by atoms with Gasteiger partial charge in [-0.1, -0.05) is 25.3 Å². The van der Waals surface area contributed by atoms with Gasteiger partial charge in [0.1, 0.15) is 13.2 Å². The summed E-state index contributed by atoms with van der Waals surface area (Å²) in [5.74, 6) is -1.12. The number of hydrogen-bond acceptors (Lipinski definition) is 5. The number of amides is 2. The number of aliphatic carboxylic acids is 1. The molecule has 8 heteroatoms. The molecule has 8 nitrogen and oxygen atoms in total. The summed E-state index contributed by atoms with van der Waals surface area (Å²) in [6.07, 6.45) is 0.861. The lowest BCUT2D eigenvalue weighted by atomic mass is 10.2. The van der Waals surface area contributed by atoms with Crippen LogP contribution in [0.1, 0.15) is 6.42 Å². The fourth-order valence-electron chi connectivity index (χ4n) is 1.12. The van der Waals surface area contributed by atoms with Crippen LogP contribution in [0.25, 0.3) is 0 Å². The molecule has 0 aromatic heterocycles. The zero-order chi connectivity index (χ0) is 15.4. The van der Waals surface area contributed by atoms with Gasteiger partial charge in [-0.2, -0.15) is 0 Å². The maximum Gasteiger partial charge on any atom is 0.407 e. The highest BCUT2D eigenvalue weighted by Crippen LogP contribution is 1.93. The molecule has 0 bridgehead atoms. The van der Waals surface area contributed by atoms with Crippen LogP contribution >= 0.6 is 0 Å². The summed E-state index contributed by atoms with van der Waals surface area (Å²) in [6.45, 7) is 6.67. The predicted octanol–water partition coefficient (Wildman–Crippen LogP) is 0.654. The van der Waals surface area contributed by atoms with Crippen LogP contribution in [0.4, 0.5) is 9.59 Å². The van der Waals surface area contributed by atoms with Crippen LogP contribution in [0.5, 0.6) is 0 Å². The van der Waals surface area contributed by atoms with Crippen molar-refractivity contribution in [3.8, 4) is 0 Å². The molecule has 0 saturated heterocycles. The van der Waals surface area contributed by atoms with Gasteiger partial charge in [0, 0.05) is 6.54 Å². The summed E-state index contributed by atoms with van der Waals surface area (Å²) in [5, 5.41) is 13.4. The van der Waals surface area contributed by atoms with Crippen molar-refractivity contribution in [2.75, 3.05) is 19.8 Å². The molecule has 3 N–H and O–H groups in total. The van der Waals surface area contributed by atoms with E-state index in [0.29, 0.717) is 0 Å². The van der Waals surface area contributed by atoms with E-state index in [1.54, 1.807) is 0 Å². The number of carbonyl (C=O) groups excluding carboxylic acids is 2. The minimum Gasteiger partial charge on any atom is -0.481 e. The number of ether oxygens (including phenoxy) is 2. The van der Waals surface area contributed by atoms with Gasteiger partial charge in [0.25, 0.3) is 0 Å². The van der Waals surface area contributed by atoms with Crippen molar-refractivity contribution in [2.45, 2.75) is 12.5 Å². The summed E-state index contributed by atoms with van der Waals surface area (Å²) in [4.78, 5) is 33.1. The Labute approximate surface area is 116 Å². The molecule has 0 aromatic rings. The smallest absolute Gasteiger partial charge is 0.407 e. The first kappa shape index (κ1) is 17.5. The molecule has 0 unspecified atom stereocenters. The highest BCUT2D eigenvalue weighted by atomic mass is 16.6. The van der Waals surface area contributed by atoms with E-state index in [1.807, 2.05) is 0 Å². The second-order valence-electron chi connectivity index (χ2n) is 3.59. The van der Waals surface area contributed by atoms with E-state index in [0.717, 1.165) is 0 Å². The largest absolute Gasteiger partial charge is 0.481 e. The summed E-state index contributed by atoms with van der Waals surface area (Å²) >= 11 is 0. The van der Waals surface area contributed by atoms with Crippen LogP contribution in [-0.2, 0) is 14.3 Å². The highest BCUT2D eigenvalue weighted by molar-refractivity contribution is 5.72. The van der Waals surface area contributed by atoms with E-state index < -0.39 is 24.2 Å². The first-order valence-corrected chi connectivity index (χ1v) is 5.77. The fraction of sp³-hybridized carbons (Fsp3) is 0.417. The lowest BCUT2D eigenvalue weighted by Gasteiger charge is -2.17. The number of carbonyl (C=O) groups is 3. The molecule has 0 saturated carbocycles. The Morgan fingerprint density at radius 2 is 1.65 bits per heavy atom. The monoisotopic (exact) mass is 286 g/mol. The minimum absolute atomic E-state index is 0.000426. The Morgan fingerprint density at radius 3 is 2.15 bits per heavy atom. The van der Waals surface area contributed by atoms with Crippen LogP contribution < -0.4 is 10.6 Å². The summed E-state index contributed by atoms with van der Waals surface area (Å²) < 4.78 is 9.30. The molecule has 0 aliphatic carbocycles. The van der Waals surface area contributed by atoms with Crippen molar-refractivity contribution in [2.24, 2.45) is 0 Å².